The van der Waals surface area contributed by atoms with E-state index in [2.05, 4.69) is 25.8 Å². The molecule has 2 aromatic rings. The monoisotopic (exact) mass is 314 g/mol. The number of aromatic nitrogens is 2. The van der Waals surface area contributed by atoms with E-state index in [4.69, 9.17) is 14.2 Å². The molecule has 0 saturated carbocycles. The Kier molecular flexibility index (Phi) is 3.53. The Hall–Kier alpha value is -2.70. The minimum atomic E-state index is 0.308. The third kappa shape index (κ3) is 2.69. The second-order valence-corrected chi connectivity index (χ2v) is 5.43. The van der Waals surface area contributed by atoms with E-state index < -0.39 is 0 Å². The fourth-order valence-corrected chi connectivity index (χ4v) is 2.89. The molecule has 2 aliphatic heterocycles. The molecular formula is C16H18N4O3. The summed E-state index contributed by atoms with van der Waals surface area (Å²) in [5, 5.41) is 0. The molecule has 1 fully saturated rings. The average Bonchev–Trinajstić information content (AvgIpc) is 3.09. The van der Waals surface area contributed by atoms with Gasteiger partial charge in [0.05, 0.1) is 7.11 Å². The first-order valence-corrected chi connectivity index (χ1v) is 7.59. The number of rotatable bonds is 3. The van der Waals surface area contributed by atoms with Gasteiger partial charge in [-0.3, -0.25) is 0 Å². The van der Waals surface area contributed by atoms with Gasteiger partial charge in [-0.25, -0.2) is 9.97 Å². The third-order valence-electron chi connectivity index (χ3n) is 4.16. The highest BCUT2D eigenvalue weighted by Crippen LogP contribution is 2.35. The molecule has 0 N–H and O–H groups in total. The highest BCUT2D eigenvalue weighted by molar-refractivity contribution is 5.58. The van der Waals surface area contributed by atoms with Crippen molar-refractivity contribution in [1.82, 2.24) is 9.97 Å². The summed E-state index contributed by atoms with van der Waals surface area (Å²) in [6.45, 7) is 3.95. The van der Waals surface area contributed by atoms with Gasteiger partial charge in [0.1, 0.15) is 12.1 Å². The van der Waals surface area contributed by atoms with Crippen LogP contribution >= 0.6 is 0 Å². The highest BCUT2D eigenvalue weighted by Gasteiger charge is 2.21. The fourth-order valence-electron chi connectivity index (χ4n) is 2.89. The van der Waals surface area contributed by atoms with Gasteiger partial charge in [0.25, 0.3) is 0 Å². The number of anilines is 2. The number of methoxy groups -OCH3 is 1. The van der Waals surface area contributed by atoms with Crippen LogP contribution in [0.1, 0.15) is 0 Å². The van der Waals surface area contributed by atoms with Crippen LogP contribution in [0.2, 0.25) is 0 Å². The van der Waals surface area contributed by atoms with Gasteiger partial charge in [-0.1, -0.05) is 0 Å². The zero-order valence-corrected chi connectivity index (χ0v) is 12.9. The number of piperazine rings is 1. The maximum absolute atomic E-state index is 5.46. The van der Waals surface area contributed by atoms with Crippen LogP contribution in [0, 0.1) is 0 Å². The second-order valence-electron chi connectivity index (χ2n) is 5.43. The van der Waals surface area contributed by atoms with Crippen LogP contribution < -0.4 is 24.0 Å². The van der Waals surface area contributed by atoms with E-state index in [1.54, 1.807) is 13.4 Å². The van der Waals surface area contributed by atoms with E-state index in [1.807, 2.05) is 18.2 Å². The molecule has 7 heteroatoms. The Morgan fingerprint density at radius 1 is 0.957 bits per heavy atom. The second kappa shape index (κ2) is 5.83. The van der Waals surface area contributed by atoms with Crippen LogP contribution in [-0.4, -0.2) is 50.0 Å². The molecule has 120 valence electrons. The van der Waals surface area contributed by atoms with Crippen molar-refractivity contribution in [2.45, 2.75) is 0 Å². The first kappa shape index (κ1) is 13.9. The summed E-state index contributed by atoms with van der Waals surface area (Å²) in [7, 11) is 1.61. The smallest absolute Gasteiger partial charge is 0.231 e. The molecule has 0 spiro atoms. The van der Waals surface area contributed by atoms with E-state index >= 15 is 0 Å². The fraction of sp³-hybridized carbons (Fsp3) is 0.375. The summed E-state index contributed by atoms with van der Waals surface area (Å²) in [6, 6.07) is 7.97. The predicted octanol–water partition coefficient (Wildman–Crippen LogP) is 1.54. The Balaban J connectivity index is 1.44. The molecule has 0 atom stereocenters. The Morgan fingerprint density at radius 2 is 1.74 bits per heavy atom. The lowest BCUT2D eigenvalue weighted by atomic mass is 10.2. The van der Waals surface area contributed by atoms with Gasteiger partial charge in [0, 0.05) is 44.0 Å². The van der Waals surface area contributed by atoms with Crippen molar-refractivity contribution < 1.29 is 14.2 Å². The summed E-state index contributed by atoms with van der Waals surface area (Å²) in [6.07, 6.45) is 1.54. The van der Waals surface area contributed by atoms with Crippen LogP contribution in [0.15, 0.2) is 30.6 Å². The maximum atomic E-state index is 5.46. The van der Waals surface area contributed by atoms with E-state index in [9.17, 15) is 0 Å². The van der Waals surface area contributed by atoms with Crippen molar-refractivity contribution in [2.75, 3.05) is 49.9 Å². The average molecular weight is 314 g/mol. The standard InChI is InChI=1S/C16H18N4O3/c1-21-16-9-15(17-10-18-16)20-6-4-19(5-7-20)12-2-3-13-14(8-12)23-11-22-13/h2-3,8-10H,4-7,11H2,1H3. The normalized spacial score (nSPS) is 16.6. The predicted molar refractivity (Wildman–Crippen MR) is 85.6 cm³/mol. The van der Waals surface area contributed by atoms with E-state index in [1.165, 1.54) is 0 Å². The van der Waals surface area contributed by atoms with Crippen LogP contribution in [0.4, 0.5) is 11.5 Å². The van der Waals surface area contributed by atoms with Crippen molar-refractivity contribution in [2.24, 2.45) is 0 Å². The van der Waals surface area contributed by atoms with E-state index in [-0.39, 0.29) is 0 Å². The van der Waals surface area contributed by atoms with Gasteiger partial charge in [0.2, 0.25) is 12.7 Å². The Bertz CT molecular complexity index is 701. The Morgan fingerprint density at radius 3 is 2.57 bits per heavy atom. The number of hydrogen-bond donors (Lipinski definition) is 0. The lowest BCUT2D eigenvalue weighted by Gasteiger charge is -2.36. The molecule has 1 aromatic heterocycles. The largest absolute Gasteiger partial charge is 0.481 e. The van der Waals surface area contributed by atoms with Crippen LogP contribution in [0.5, 0.6) is 17.4 Å². The third-order valence-corrected chi connectivity index (χ3v) is 4.16. The molecular weight excluding hydrogens is 296 g/mol. The van der Waals surface area contributed by atoms with Crippen molar-refractivity contribution in [3.05, 3.63) is 30.6 Å². The van der Waals surface area contributed by atoms with Crippen LogP contribution in [0.25, 0.3) is 0 Å². The molecule has 0 bridgehead atoms. The Labute approximate surface area is 134 Å². The maximum Gasteiger partial charge on any atom is 0.231 e. The SMILES string of the molecule is COc1cc(N2CCN(c3ccc4c(c3)OCO4)CC2)ncn1. The van der Waals surface area contributed by atoms with Gasteiger partial charge in [-0.15, -0.1) is 0 Å². The zero-order chi connectivity index (χ0) is 15.6. The van der Waals surface area contributed by atoms with Crippen molar-refractivity contribution in [3.8, 4) is 17.4 Å². The van der Waals surface area contributed by atoms with Gasteiger partial charge in [-0.2, -0.15) is 0 Å². The topological polar surface area (TPSA) is 60.0 Å². The summed E-state index contributed by atoms with van der Waals surface area (Å²) < 4.78 is 16.0. The van der Waals surface area contributed by atoms with Crippen molar-refractivity contribution in [3.63, 3.8) is 0 Å². The molecule has 7 nitrogen and oxygen atoms in total. The molecule has 2 aliphatic rings. The molecule has 23 heavy (non-hydrogen) atoms. The number of benzene rings is 1. The molecule has 0 unspecified atom stereocenters. The van der Waals surface area contributed by atoms with E-state index in [0.717, 1.165) is 49.2 Å². The minimum absolute atomic E-state index is 0.308. The summed E-state index contributed by atoms with van der Waals surface area (Å²) in [4.78, 5) is 13.0. The van der Waals surface area contributed by atoms with E-state index in [0.29, 0.717) is 12.7 Å². The van der Waals surface area contributed by atoms with Crippen LogP contribution in [-0.2, 0) is 0 Å². The van der Waals surface area contributed by atoms with Gasteiger partial charge in [0.15, 0.2) is 11.5 Å². The summed E-state index contributed by atoms with van der Waals surface area (Å²) in [5.74, 6) is 3.14. The first-order valence-electron chi connectivity index (χ1n) is 7.59. The number of fused-ring (bicyclic) bond motifs is 1. The highest BCUT2D eigenvalue weighted by atomic mass is 16.7. The quantitative estimate of drug-likeness (QED) is 0.851. The lowest BCUT2D eigenvalue weighted by Crippen LogP contribution is -2.46. The lowest BCUT2D eigenvalue weighted by molar-refractivity contribution is 0.174. The van der Waals surface area contributed by atoms with Gasteiger partial charge in [-0.05, 0) is 12.1 Å². The molecule has 0 aliphatic carbocycles. The minimum Gasteiger partial charge on any atom is -0.481 e. The molecule has 0 radical (unpaired) electrons. The zero-order valence-electron chi connectivity index (χ0n) is 12.9. The van der Waals surface area contributed by atoms with Crippen molar-refractivity contribution in [1.29, 1.82) is 0 Å². The number of nitrogens with zero attached hydrogens (tertiary/aromatic N) is 4. The van der Waals surface area contributed by atoms with Gasteiger partial charge >= 0.3 is 0 Å². The molecule has 3 heterocycles. The summed E-state index contributed by atoms with van der Waals surface area (Å²) in [5.41, 5.74) is 1.16. The summed E-state index contributed by atoms with van der Waals surface area (Å²) >= 11 is 0. The molecule has 0 amide bonds. The van der Waals surface area contributed by atoms with Crippen molar-refractivity contribution >= 4 is 11.5 Å². The number of ether oxygens (including phenoxy) is 3. The molecule has 4 rings (SSSR count). The van der Waals surface area contributed by atoms with Gasteiger partial charge < -0.3 is 24.0 Å². The first-order chi connectivity index (χ1) is 11.3. The van der Waals surface area contributed by atoms with Crippen LogP contribution in [0.3, 0.4) is 0 Å². The molecule has 1 aromatic carbocycles. The number of hydrogen-bond acceptors (Lipinski definition) is 7. The molecule has 1 saturated heterocycles.